The fourth-order valence-corrected chi connectivity index (χ4v) is 3.08. The molecule has 3 rings (SSSR count). The van der Waals surface area contributed by atoms with Gasteiger partial charge in [-0.15, -0.1) is 0 Å². The lowest BCUT2D eigenvalue weighted by atomic mass is 10.2. The van der Waals surface area contributed by atoms with Crippen molar-refractivity contribution >= 4 is 22.9 Å². The number of ether oxygens (including phenoxy) is 2. The Labute approximate surface area is 169 Å². The minimum Gasteiger partial charge on any atom is -0.497 e. The van der Waals surface area contributed by atoms with E-state index in [1.807, 2.05) is 42.7 Å². The molecule has 7 nitrogen and oxygen atoms in total. The Kier molecular flexibility index (Phi) is 6.49. The van der Waals surface area contributed by atoms with E-state index < -0.39 is 0 Å². The van der Waals surface area contributed by atoms with Crippen molar-refractivity contribution < 1.29 is 19.1 Å². The lowest BCUT2D eigenvalue weighted by molar-refractivity contribution is -0.148. The number of carbonyl (C=O) groups is 2. The third kappa shape index (κ3) is 5.13. The van der Waals surface area contributed by atoms with E-state index in [9.17, 15) is 9.59 Å². The summed E-state index contributed by atoms with van der Waals surface area (Å²) in [6.45, 7) is 4.11. The fourth-order valence-electron chi connectivity index (χ4n) is 3.08. The van der Waals surface area contributed by atoms with Crippen molar-refractivity contribution in [2.75, 3.05) is 13.7 Å². The first-order chi connectivity index (χ1) is 14.0. The summed E-state index contributed by atoms with van der Waals surface area (Å²) >= 11 is 0. The first-order valence-electron chi connectivity index (χ1n) is 9.54. The Morgan fingerprint density at radius 1 is 1.14 bits per heavy atom. The molecule has 0 atom stereocenters. The molecule has 0 fully saturated rings. The van der Waals surface area contributed by atoms with Gasteiger partial charge in [0.2, 0.25) is 0 Å². The molecule has 1 N–H and O–H groups in total. The van der Waals surface area contributed by atoms with E-state index in [0.717, 1.165) is 16.9 Å². The summed E-state index contributed by atoms with van der Waals surface area (Å²) in [5.74, 6) is 0.844. The van der Waals surface area contributed by atoms with Crippen LogP contribution in [0.15, 0.2) is 48.5 Å². The Bertz CT molecular complexity index is 1010. The van der Waals surface area contributed by atoms with Crippen LogP contribution < -0.4 is 10.1 Å². The smallest absolute Gasteiger partial charge is 0.326 e. The maximum Gasteiger partial charge on any atom is 0.326 e. The van der Waals surface area contributed by atoms with Crippen molar-refractivity contribution in [1.29, 1.82) is 0 Å². The van der Waals surface area contributed by atoms with Crippen molar-refractivity contribution in [2.45, 2.75) is 32.9 Å². The van der Waals surface area contributed by atoms with Crippen LogP contribution in [0, 0.1) is 0 Å². The van der Waals surface area contributed by atoms with Gasteiger partial charge in [-0.05, 0) is 44.2 Å². The Morgan fingerprint density at radius 3 is 2.69 bits per heavy atom. The molecule has 1 heterocycles. The fraction of sp³-hybridized carbons (Fsp3) is 0.318. The van der Waals surface area contributed by atoms with Crippen LogP contribution in [-0.4, -0.2) is 41.2 Å². The summed E-state index contributed by atoms with van der Waals surface area (Å²) in [4.78, 5) is 29.2. The highest BCUT2D eigenvalue weighted by atomic mass is 16.5. The summed E-state index contributed by atoms with van der Waals surface area (Å²) in [5, 5.41) is 2.89. The number of carbonyl (C=O) groups excluding carboxylic acids is 2. The van der Waals surface area contributed by atoms with E-state index in [-0.39, 0.29) is 24.5 Å². The van der Waals surface area contributed by atoms with Gasteiger partial charge in [0, 0.05) is 18.5 Å². The number of nitrogens with zero attached hydrogens (tertiary/aromatic N) is 2. The molecule has 29 heavy (non-hydrogen) atoms. The third-order valence-electron chi connectivity index (χ3n) is 4.35. The van der Waals surface area contributed by atoms with Gasteiger partial charge < -0.3 is 19.4 Å². The number of aromatic nitrogens is 2. The van der Waals surface area contributed by atoms with E-state index in [1.165, 1.54) is 0 Å². The second kappa shape index (κ2) is 9.23. The molecule has 0 aliphatic carbocycles. The highest BCUT2D eigenvalue weighted by Gasteiger charge is 2.15. The second-order valence-electron chi connectivity index (χ2n) is 6.88. The van der Waals surface area contributed by atoms with Gasteiger partial charge in [-0.3, -0.25) is 9.59 Å². The maximum absolute atomic E-state index is 12.4. The van der Waals surface area contributed by atoms with Crippen molar-refractivity contribution in [2.24, 2.45) is 0 Å². The van der Waals surface area contributed by atoms with Gasteiger partial charge in [-0.1, -0.05) is 18.2 Å². The number of benzene rings is 2. The molecule has 0 spiro atoms. The molecule has 0 aliphatic rings. The number of nitrogens with one attached hydrogen (secondary N) is 1. The standard InChI is InChI=1S/C22H25N3O4/c1-15(2)29-21(26)14-25-19-10-5-4-9-18(19)24-20(25)11-12-23-22(27)16-7-6-8-17(13-16)28-3/h4-10,13,15H,11-12,14H2,1-3H3,(H,23,27). The molecule has 2 aromatic carbocycles. The normalized spacial score (nSPS) is 10.9. The topological polar surface area (TPSA) is 82.5 Å². The minimum atomic E-state index is -0.315. The molecule has 0 unspecified atom stereocenters. The molecule has 1 amide bonds. The minimum absolute atomic E-state index is 0.0812. The number of para-hydroxylation sites is 2. The Balaban J connectivity index is 1.71. The lowest BCUT2D eigenvalue weighted by Gasteiger charge is -2.12. The molecule has 0 saturated carbocycles. The van der Waals surface area contributed by atoms with E-state index in [4.69, 9.17) is 9.47 Å². The van der Waals surface area contributed by atoms with Gasteiger partial charge in [0.1, 0.15) is 18.1 Å². The number of imidazole rings is 1. The zero-order chi connectivity index (χ0) is 20.8. The number of esters is 1. The number of amides is 1. The van der Waals surface area contributed by atoms with Crippen LogP contribution >= 0.6 is 0 Å². The molecular weight excluding hydrogens is 370 g/mol. The zero-order valence-electron chi connectivity index (χ0n) is 16.8. The summed E-state index contributed by atoms with van der Waals surface area (Å²) < 4.78 is 12.3. The van der Waals surface area contributed by atoms with E-state index in [1.54, 1.807) is 31.4 Å². The van der Waals surface area contributed by atoms with E-state index in [0.29, 0.717) is 24.3 Å². The Morgan fingerprint density at radius 2 is 1.93 bits per heavy atom. The molecule has 1 aromatic heterocycles. The van der Waals surface area contributed by atoms with Crippen LogP contribution in [0.3, 0.4) is 0 Å². The summed E-state index contributed by atoms with van der Waals surface area (Å²) in [5.41, 5.74) is 2.19. The number of methoxy groups -OCH3 is 1. The molecule has 7 heteroatoms. The monoisotopic (exact) mass is 395 g/mol. The van der Waals surface area contributed by atoms with Gasteiger partial charge >= 0.3 is 5.97 Å². The molecule has 152 valence electrons. The molecule has 3 aromatic rings. The molecular formula is C22H25N3O4. The van der Waals surface area contributed by atoms with Crippen LogP contribution in [0.4, 0.5) is 0 Å². The summed E-state index contributed by atoms with van der Waals surface area (Å²) in [6, 6.07) is 14.6. The van der Waals surface area contributed by atoms with Crippen molar-refractivity contribution in [3.8, 4) is 5.75 Å². The molecule has 0 aliphatic heterocycles. The zero-order valence-corrected chi connectivity index (χ0v) is 16.8. The van der Waals surface area contributed by atoms with Crippen molar-refractivity contribution in [3.05, 3.63) is 59.9 Å². The van der Waals surface area contributed by atoms with Crippen LogP contribution in [0.5, 0.6) is 5.75 Å². The lowest BCUT2D eigenvalue weighted by Crippen LogP contribution is -2.27. The Hall–Kier alpha value is -3.35. The van der Waals surface area contributed by atoms with Crippen LogP contribution in [0.1, 0.15) is 30.0 Å². The predicted molar refractivity (Wildman–Crippen MR) is 110 cm³/mol. The van der Waals surface area contributed by atoms with Crippen molar-refractivity contribution in [1.82, 2.24) is 14.9 Å². The number of hydrogen-bond acceptors (Lipinski definition) is 5. The maximum atomic E-state index is 12.4. The average Bonchev–Trinajstić information content (AvgIpc) is 3.04. The van der Waals surface area contributed by atoms with Crippen LogP contribution in [0.25, 0.3) is 11.0 Å². The number of hydrogen-bond donors (Lipinski definition) is 1. The summed E-state index contributed by atoms with van der Waals surface area (Å²) in [6.07, 6.45) is 0.308. The highest BCUT2D eigenvalue weighted by molar-refractivity contribution is 5.94. The highest BCUT2D eigenvalue weighted by Crippen LogP contribution is 2.17. The van der Waals surface area contributed by atoms with E-state index in [2.05, 4.69) is 10.3 Å². The van der Waals surface area contributed by atoms with Gasteiger partial charge in [0.25, 0.3) is 5.91 Å². The van der Waals surface area contributed by atoms with Gasteiger partial charge in [0.05, 0.1) is 24.2 Å². The second-order valence-corrected chi connectivity index (χ2v) is 6.88. The first kappa shape index (κ1) is 20.4. The largest absolute Gasteiger partial charge is 0.497 e. The van der Waals surface area contributed by atoms with Crippen LogP contribution in [0.2, 0.25) is 0 Å². The molecule has 0 saturated heterocycles. The average molecular weight is 395 g/mol. The predicted octanol–water partition coefficient (Wildman–Crippen LogP) is 2.97. The quantitative estimate of drug-likeness (QED) is 0.593. The van der Waals surface area contributed by atoms with Gasteiger partial charge in [-0.25, -0.2) is 4.98 Å². The van der Waals surface area contributed by atoms with Crippen LogP contribution in [-0.2, 0) is 22.5 Å². The van der Waals surface area contributed by atoms with Gasteiger partial charge in [-0.2, -0.15) is 0 Å². The first-order valence-corrected chi connectivity index (χ1v) is 9.54. The summed E-state index contributed by atoms with van der Waals surface area (Å²) in [7, 11) is 1.56. The third-order valence-corrected chi connectivity index (χ3v) is 4.35. The van der Waals surface area contributed by atoms with E-state index >= 15 is 0 Å². The number of rotatable bonds is 8. The van der Waals surface area contributed by atoms with Gasteiger partial charge in [0.15, 0.2) is 0 Å². The number of fused-ring (bicyclic) bond motifs is 1. The molecule has 0 radical (unpaired) electrons. The van der Waals surface area contributed by atoms with Crippen molar-refractivity contribution in [3.63, 3.8) is 0 Å². The SMILES string of the molecule is COc1cccc(C(=O)NCCc2nc3ccccc3n2CC(=O)OC(C)C)c1. The molecule has 0 bridgehead atoms.